The molecule has 2 aliphatic heterocycles. The van der Waals surface area contributed by atoms with Crippen molar-refractivity contribution >= 4 is 51.5 Å². The highest BCUT2D eigenvalue weighted by Crippen LogP contribution is 2.47. The van der Waals surface area contributed by atoms with Gasteiger partial charge in [0.05, 0.1) is 19.9 Å². The number of hydrogen-bond donors (Lipinski definition) is 2. The van der Waals surface area contributed by atoms with E-state index in [1.807, 2.05) is 24.1 Å². The molecule has 1 amide bonds. The summed E-state index contributed by atoms with van der Waals surface area (Å²) in [5.41, 5.74) is 3.07. The van der Waals surface area contributed by atoms with Crippen molar-refractivity contribution in [1.82, 2.24) is 9.80 Å². The number of halogens is 1. The number of likely N-dealkylation sites (N-methyl/N-ethyl adjacent to an activating group) is 1. The van der Waals surface area contributed by atoms with Gasteiger partial charge >= 0.3 is 0 Å². The molecule has 1 aromatic heterocycles. The molecule has 2 unspecified atom stereocenters. The fourth-order valence-electron chi connectivity index (χ4n) is 3.91. The maximum atomic E-state index is 13.4. The smallest absolute Gasteiger partial charge is 0.260 e. The SMILES string of the molecule is CCCCC(CC)CN1C(=O)C2=C(CS)N(C)C(O)C2=C1c1ccc(Br)s1. The first-order valence-corrected chi connectivity index (χ1v) is 11.8. The lowest BCUT2D eigenvalue weighted by molar-refractivity contribution is -0.123. The van der Waals surface area contributed by atoms with Crippen molar-refractivity contribution in [2.75, 3.05) is 19.3 Å². The van der Waals surface area contributed by atoms with Crippen molar-refractivity contribution in [2.24, 2.45) is 5.92 Å². The Balaban J connectivity index is 2.07. The largest absolute Gasteiger partial charge is 0.369 e. The van der Waals surface area contributed by atoms with E-state index in [-0.39, 0.29) is 5.91 Å². The molecule has 4 nitrogen and oxygen atoms in total. The van der Waals surface area contributed by atoms with Gasteiger partial charge in [0, 0.05) is 30.6 Å². The van der Waals surface area contributed by atoms with E-state index >= 15 is 0 Å². The average molecular weight is 471 g/mol. The fourth-order valence-corrected chi connectivity index (χ4v) is 5.75. The van der Waals surface area contributed by atoms with Crippen LogP contribution in [0.25, 0.3) is 5.70 Å². The minimum absolute atomic E-state index is 0.00641. The first-order chi connectivity index (χ1) is 12.9. The lowest BCUT2D eigenvalue weighted by Crippen LogP contribution is -2.33. The van der Waals surface area contributed by atoms with Crippen LogP contribution in [0.2, 0.25) is 0 Å². The van der Waals surface area contributed by atoms with Crippen molar-refractivity contribution in [3.8, 4) is 0 Å². The standard InChI is InChI=1S/C20H27BrN2O2S2/c1-4-6-7-12(5-2)10-23-18(14-8-9-15(21)27-14)17-16(20(23)25)13(11-26)22(3)19(17)24/h8-9,12,19,24,26H,4-7,10-11H2,1-3H3. The number of thiophene rings is 1. The van der Waals surface area contributed by atoms with Crippen molar-refractivity contribution in [3.05, 3.63) is 37.6 Å². The zero-order valence-corrected chi connectivity index (χ0v) is 19.3. The molecular weight excluding hydrogens is 444 g/mol. The van der Waals surface area contributed by atoms with E-state index in [0.717, 1.165) is 44.9 Å². The van der Waals surface area contributed by atoms with Crippen LogP contribution in [0.1, 0.15) is 44.4 Å². The molecule has 0 bridgehead atoms. The van der Waals surface area contributed by atoms with E-state index in [2.05, 4.69) is 42.4 Å². The van der Waals surface area contributed by atoms with Gasteiger partial charge in [0.25, 0.3) is 5.91 Å². The van der Waals surface area contributed by atoms with Crippen LogP contribution >= 0.6 is 39.9 Å². The number of fused-ring (bicyclic) bond motifs is 1. The Kier molecular flexibility index (Phi) is 6.77. The quantitative estimate of drug-likeness (QED) is 0.539. The highest BCUT2D eigenvalue weighted by molar-refractivity contribution is 9.11. The number of amides is 1. The van der Waals surface area contributed by atoms with E-state index in [4.69, 9.17) is 0 Å². The van der Waals surface area contributed by atoms with Crippen LogP contribution in [0.5, 0.6) is 0 Å². The molecule has 3 rings (SSSR count). The molecular formula is C20H27BrN2O2S2. The summed E-state index contributed by atoms with van der Waals surface area (Å²) in [4.78, 5) is 18.1. The van der Waals surface area contributed by atoms with E-state index < -0.39 is 6.23 Å². The number of carbonyl (C=O) groups is 1. The zero-order valence-electron chi connectivity index (χ0n) is 16.0. The third-order valence-electron chi connectivity index (χ3n) is 5.53. The number of aliphatic hydroxyl groups excluding tert-OH is 1. The summed E-state index contributed by atoms with van der Waals surface area (Å²) < 4.78 is 1.02. The molecule has 0 radical (unpaired) electrons. The normalized spacial score (nSPS) is 21.0. The van der Waals surface area contributed by atoms with Gasteiger partial charge in [-0.1, -0.05) is 33.1 Å². The third kappa shape index (κ3) is 3.76. The van der Waals surface area contributed by atoms with Crippen LogP contribution in [0.4, 0.5) is 0 Å². The molecule has 0 aromatic carbocycles. The predicted octanol–water partition coefficient (Wildman–Crippen LogP) is 4.73. The Bertz CT molecular complexity index is 787. The maximum Gasteiger partial charge on any atom is 0.260 e. The van der Waals surface area contributed by atoms with Gasteiger partial charge in [-0.2, -0.15) is 12.6 Å². The van der Waals surface area contributed by atoms with Gasteiger partial charge in [-0.05, 0) is 40.4 Å². The zero-order chi connectivity index (χ0) is 19.7. The molecule has 148 valence electrons. The molecule has 0 spiro atoms. The second kappa shape index (κ2) is 8.72. The van der Waals surface area contributed by atoms with E-state index in [9.17, 15) is 9.90 Å². The van der Waals surface area contributed by atoms with Crippen LogP contribution < -0.4 is 0 Å². The predicted molar refractivity (Wildman–Crippen MR) is 119 cm³/mol. The highest BCUT2D eigenvalue weighted by Gasteiger charge is 2.47. The van der Waals surface area contributed by atoms with Gasteiger partial charge in [-0.15, -0.1) is 11.3 Å². The highest BCUT2D eigenvalue weighted by atomic mass is 79.9. The van der Waals surface area contributed by atoms with Crippen molar-refractivity contribution in [1.29, 1.82) is 0 Å². The van der Waals surface area contributed by atoms with Gasteiger partial charge in [-0.3, -0.25) is 4.79 Å². The molecule has 2 atom stereocenters. The van der Waals surface area contributed by atoms with Crippen LogP contribution in [-0.2, 0) is 4.79 Å². The van der Waals surface area contributed by atoms with Crippen molar-refractivity contribution in [2.45, 2.75) is 45.8 Å². The molecule has 1 aromatic rings. The van der Waals surface area contributed by atoms with E-state index in [1.165, 1.54) is 6.42 Å². The average Bonchev–Trinajstić information content (AvgIpc) is 3.27. The fraction of sp³-hybridized carbons (Fsp3) is 0.550. The second-order valence-electron chi connectivity index (χ2n) is 7.16. The van der Waals surface area contributed by atoms with Gasteiger partial charge in [0.2, 0.25) is 0 Å². The van der Waals surface area contributed by atoms with Crippen molar-refractivity contribution < 1.29 is 9.90 Å². The monoisotopic (exact) mass is 470 g/mol. The first-order valence-electron chi connectivity index (χ1n) is 9.51. The minimum Gasteiger partial charge on any atom is -0.369 e. The summed E-state index contributed by atoms with van der Waals surface area (Å²) in [6.45, 7) is 5.09. The molecule has 3 heterocycles. The Morgan fingerprint density at radius 3 is 2.67 bits per heavy atom. The topological polar surface area (TPSA) is 43.8 Å². The number of nitrogens with zero attached hydrogens (tertiary/aromatic N) is 2. The first kappa shape index (κ1) is 21.0. The molecule has 0 fully saturated rings. The number of aliphatic hydroxyl groups is 1. The summed E-state index contributed by atoms with van der Waals surface area (Å²) >= 11 is 9.55. The molecule has 2 aliphatic rings. The third-order valence-corrected chi connectivity index (χ3v) is 7.46. The summed E-state index contributed by atoms with van der Waals surface area (Å²) in [6, 6.07) is 4.02. The van der Waals surface area contributed by atoms with E-state index in [1.54, 1.807) is 16.2 Å². The number of thiol groups is 1. The number of unbranched alkanes of at least 4 members (excludes halogenated alkanes) is 1. The number of rotatable bonds is 8. The second-order valence-corrected chi connectivity index (χ2v) is 9.94. The van der Waals surface area contributed by atoms with Gasteiger partial charge in [-0.25, -0.2) is 0 Å². The van der Waals surface area contributed by atoms with Crippen LogP contribution in [0, 0.1) is 5.92 Å². The Hall–Kier alpha value is -0.760. The minimum atomic E-state index is -0.803. The van der Waals surface area contributed by atoms with Crippen LogP contribution in [0.15, 0.2) is 32.8 Å². The lowest BCUT2D eigenvalue weighted by Gasteiger charge is -2.28. The summed E-state index contributed by atoms with van der Waals surface area (Å²) in [7, 11) is 1.82. The Morgan fingerprint density at radius 1 is 1.37 bits per heavy atom. The van der Waals surface area contributed by atoms with Gasteiger partial charge < -0.3 is 14.9 Å². The van der Waals surface area contributed by atoms with Crippen LogP contribution in [-0.4, -0.2) is 46.4 Å². The number of hydrogen-bond acceptors (Lipinski definition) is 5. The lowest BCUT2D eigenvalue weighted by atomic mass is 9.98. The molecule has 0 saturated carbocycles. The Morgan fingerprint density at radius 2 is 2.11 bits per heavy atom. The molecule has 0 aliphatic carbocycles. The summed E-state index contributed by atoms with van der Waals surface area (Å²) in [5, 5.41) is 10.9. The maximum absolute atomic E-state index is 13.4. The molecule has 1 N–H and O–H groups in total. The van der Waals surface area contributed by atoms with Gasteiger partial charge in [0.1, 0.15) is 0 Å². The van der Waals surface area contributed by atoms with Crippen LogP contribution in [0.3, 0.4) is 0 Å². The Labute approximate surface area is 179 Å². The van der Waals surface area contributed by atoms with Gasteiger partial charge in [0.15, 0.2) is 6.23 Å². The molecule has 0 saturated heterocycles. The van der Waals surface area contributed by atoms with Crippen molar-refractivity contribution in [3.63, 3.8) is 0 Å². The molecule has 7 heteroatoms. The summed E-state index contributed by atoms with van der Waals surface area (Å²) in [5.74, 6) is 0.897. The number of carbonyl (C=O) groups excluding carboxylic acids is 1. The molecule has 27 heavy (non-hydrogen) atoms. The summed E-state index contributed by atoms with van der Waals surface area (Å²) in [6.07, 6.45) is 3.69. The van der Waals surface area contributed by atoms with E-state index in [0.29, 0.717) is 23.8 Å².